The predicted octanol–water partition coefficient (Wildman–Crippen LogP) is 2.63. The van der Waals surface area contributed by atoms with Crippen LogP contribution in [0.4, 0.5) is 18.9 Å². The molecule has 0 atom stereocenters. The van der Waals surface area contributed by atoms with Gasteiger partial charge in [0.1, 0.15) is 5.75 Å². The summed E-state index contributed by atoms with van der Waals surface area (Å²) in [7, 11) is 0. The maximum absolute atomic E-state index is 12.8. The van der Waals surface area contributed by atoms with Crippen molar-refractivity contribution in [3.8, 4) is 5.75 Å². The monoisotopic (exact) mass is 433 g/mol. The first-order valence-corrected chi connectivity index (χ1v) is 9.55. The number of piperazine rings is 1. The third-order valence-corrected chi connectivity index (χ3v) is 5.17. The normalized spacial score (nSPS) is 16.3. The molecule has 7 nitrogen and oxygen atoms in total. The van der Waals surface area contributed by atoms with E-state index in [1.54, 1.807) is 23.1 Å². The van der Waals surface area contributed by atoms with Gasteiger partial charge in [-0.1, -0.05) is 0 Å². The Morgan fingerprint density at radius 1 is 0.871 bits per heavy atom. The highest BCUT2D eigenvalue weighted by Crippen LogP contribution is 2.30. The number of benzene rings is 2. The highest BCUT2D eigenvalue weighted by Gasteiger charge is 2.31. The summed E-state index contributed by atoms with van der Waals surface area (Å²) < 4.78 is 43.3. The fourth-order valence-corrected chi connectivity index (χ4v) is 3.50. The average molecular weight is 433 g/mol. The first-order chi connectivity index (χ1) is 14.7. The van der Waals surface area contributed by atoms with Crippen molar-refractivity contribution in [3.05, 3.63) is 59.2 Å². The molecular weight excluding hydrogens is 415 g/mol. The van der Waals surface area contributed by atoms with Gasteiger partial charge in [-0.15, -0.1) is 0 Å². The van der Waals surface area contributed by atoms with Crippen molar-refractivity contribution < 1.29 is 32.3 Å². The second kappa shape index (κ2) is 7.93. The van der Waals surface area contributed by atoms with E-state index < -0.39 is 11.7 Å². The van der Waals surface area contributed by atoms with E-state index in [9.17, 15) is 27.6 Å². The Hall–Kier alpha value is -3.56. The van der Waals surface area contributed by atoms with Crippen molar-refractivity contribution in [2.75, 3.05) is 38.1 Å². The number of alkyl halides is 3. The van der Waals surface area contributed by atoms with E-state index in [-0.39, 0.29) is 56.1 Å². The van der Waals surface area contributed by atoms with E-state index in [1.807, 2.05) is 0 Å². The Morgan fingerprint density at radius 3 is 2.00 bits per heavy atom. The van der Waals surface area contributed by atoms with Gasteiger partial charge < -0.3 is 19.9 Å². The standard InChI is InChI=1S/C21H18F3N3O4/c22-21(23,24)15-4-1-13(2-5-15)19(29)26-7-9-27(10-8-26)20(30)14-3-6-17-16(11-14)25-18(28)12-31-17/h1-6,11H,7-10,12H2,(H,25,28). The van der Waals surface area contributed by atoms with Crippen LogP contribution in [-0.4, -0.2) is 60.3 Å². The van der Waals surface area contributed by atoms with E-state index in [0.29, 0.717) is 17.0 Å². The average Bonchev–Trinajstić information content (AvgIpc) is 2.77. The lowest BCUT2D eigenvalue weighted by molar-refractivity contribution is -0.137. The van der Waals surface area contributed by atoms with Crippen molar-refractivity contribution in [2.24, 2.45) is 0 Å². The zero-order valence-corrected chi connectivity index (χ0v) is 16.2. The minimum absolute atomic E-state index is 0.0742. The van der Waals surface area contributed by atoms with E-state index in [2.05, 4.69) is 5.32 Å². The fourth-order valence-electron chi connectivity index (χ4n) is 3.50. The summed E-state index contributed by atoms with van der Waals surface area (Å²) in [6.45, 7) is 1.01. The first kappa shape index (κ1) is 20.7. The van der Waals surface area contributed by atoms with Gasteiger partial charge in [0, 0.05) is 37.3 Å². The van der Waals surface area contributed by atoms with Gasteiger partial charge in [0.25, 0.3) is 17.7 Å². The Balaban J connectivity index is 1.38. The SMILES string of the molecule is O=C1COc2ccc(C(=O)N3CCN(C(=O)c4ccc(C(F)(F)F)cc4)CC3)cc2N1. The summed E-state index contributed by atoms with van der Waals surface area (Å²) in [5.74, 6) is -0.436. The second-order valence-corrected chi connectivity index (χ2v) is 7.21. The van der Waals surface area contributed by atoms with E-state index >= 15 is 0 Å². The summed E-state index contributed by atoms with van der Waals surface area (Å²) in [5, 5.41) is 2.65. The molecule has 2 aliphatic rings. The first-order valence-electron chi connectivity index (χ1n) is 9.55. The molecule has 162 valence electrons. The summed E-state index contributed by atoms with van der Waals surface area (Å²) >= 11 is 0. The highest BCUT2D eigenvalue weighted by molar-refractivity contribution is 6.00. The Kier molecular flexibility index (Phi) is 5.30. The van der Waals surface area contributed by atoms with Crippen molar-refractivity contribution in [3.63, 3.8) is 0 Å². The van der Waals surface area contributed by atoms with Crippen LogP contribution in [-0.2, 0) is 11.0 Å². The second-order valence-electron chi connectivity index (χ2n) is 7.21. The summed E-state index contributed by atoms with van der Waals surface area (Å²) in [5.41, 5.74) is 0.162. The van der Waals surface area contributed by atoms with E-state index in [4.69, 9.17) is 4.74 Å². The van der Waals surface area contributed by atoms with Crippen molar-refractivity contribution in [1.29, 1.82) is 0 Å². The number of hydrogen-bond acceptors (Lipinski definition) is 4. The lowest BCUT2D eigenvalue weighted by Crippen LogP contribution is -2.50. The minimum atomic E-state index is -4.46. The van der Waals surface area contributed by atoms with Crippen LogP contribution < -0.4 is 10.1 Å². The number of anilines is 1. The van der Waals surface area contributed by atoms with Crippen LogP contribution in [0.1, 0.15) is 26.3 Å². The Labute approximate surface area is 175 Å². The quantitative estimate of drug-likeness (QED) is 0.790. The molecule has 2 aliphatic heterocycles. The number of carbonyl (C=O) groups excluding carboxylic acids is 3. The third-order valence-electron chi connectivity index (χ3n) is 5.17. The number of ether oxygens (including phenoxy) is 1. The molecule has 0 bridgehead atoms. The Morgan fingerprint density at radius 2 is 1.42 bits per heavy atom. The fraction of sp³-hybridized carbons (Fsp3) is 0.286. The number of nitrogens with zero attached hydrogens (tertiary/aromatic N) is 2. The molecular formula is C21H18F3N3O4. The molecule has 0 radical (unpaired) electrons. The molecule has 3 amide bonds. The zero-order chi connectivity index (χ0) is 22.2. The molecule has 0 saturated carbocycles. The molecule has 31 heavy (non-hydrogen) atoms. The molecule has 2 aromatic carbocycles. The van der Waals surface area contributed by atoms with Crippen molar-refractivity contribution >= 4 is 23.4 Å². The molecule has 10 heteroatoms. The summed E-state index contributed by atoms with van der Waals surface area (Å²) in [6.07, 6.45) is -4.46. The van der Waals surface area contributed by atoms with Crippen LogP contribution in [0.15, 0.2) is 42.5 Å². The number of fused-ring (bicyclic) bond motifs is 1. The van der Waals surface area contributed by atoms with Crippen LogP contribution >= 0.6 is 0 Å². The van der Waals surface area contributed by atoms with Crippen LogP contribution in [0.25, 0.3) is 0 Å². The van der Waals surface area contributed by atoms with E-state index in [0.717, 1.165) is 24.3 Å². The van der Waals surface area contributed by atoms with Crippen LogP contribution in [0.2, 0.25) is 0 Å². The summed E-state index contributed by atoms with van der Waals surface area (Å²) in [4.78, 5) is 40.0. The number of rotatable bonds is 2. The maximum Gasteiger partial charge on any atom is 0.416 e. The van der Waals surface area contributed by atoms with Gasteiger partial charge in [-0.05, 0) is 42.5 Å². The third kappa shape index (κ3) is 4.32. The number of nitrogens with one attached hydrogen (secondary N) is 1. The van der Waals surface area contributed by atoms with Gasteiger partial charge >= 0.3 is 6.18 Å². The lowest BCUT2D eigenvalue weighted by Gasteiger charge is -2.35. The molecule has 2 heterocycles. The van der Waals surface area contributed by atoms with Gasteiger partial charge in [-0.2, -0.15) is 13.2 Å². The predicted molar refractivity (Wildman–Crippen MR) is 104 cm³/mol. The Bertz CT molecular complexity index is 1030. The van der Waals surface area contributed by atoms with Gasteiger partial charge in [0.2, 0.25) is 0 Å². The molecule has 1 N–H and O–H groups in total. The molecule has 0 aromatic heterocycles. The van der Waals surface area contributed by atoms with Crippen LogP contribution in [0.3, 0.4) is 0 Å². The number of hydrogen-bond donors (Lipinski definition) is 1. The summed E-state index contributed by atoms with van der Waals surface area (Å²) in [6, 6.07) is 8.86. The lowest BCUT2D eigenvalue weighted by atomic mass is 10.1. The zero-order valence-electron chi connectivity index (χ0n) is 16.2. The topological polar surface area (TPSA) is 79.0 Å². The van der Waals surface area contributed by atoms with Gasteiger partial charge in [-0.25, -0.2) is 0 Å². The van der Waals surface area contributed by atoms with Crippen molar-refractivity contribution in [2.45, 2.75) is 6.18 Å². The minimum Gasteiger partial charge on any atom is -0.482 e. The largest absolute Gasteiger partial charge is 0.482 e. The van der Waals surface area contributed by atoms with E-state index in [1.165, 1.54) is 4.90 Å². The van der Waals surface area contributed by atoms with Gasteiger partial charge in [0.05, 0.1) is 11.3 Å². The number of carbonyl (C=O) groups is 3. The maximum atomic E-state index is 12.8. The number of amides is 3. The van der Waals surface area contributed by atoms with Crippen LogP contribution in [0.5, 0.6) is 5.75 Å². The van der Waals surface area contributed by atoms with Gasteiger partial charge in [0.15, 0.2) is 6.61 Å². The highest BCUT2D eigenvalue weighted by atomic mass is 19.4. The molecule has 0 aliphatic carbocycles. The molecule has 4 rings (SSSR count). The van der Waals surface area contributed by atoms with Gasteiger partial charge in [-0.3, -0.25) is 14.4 Å². The van der Waals surface area contributed by atoms with Crippen LogP contribution in [0, 0.1) is 0 Å². The molecule has 2 aromatic rings. The molecule has 1 saturated heterocycles. The molecule has 0 spiro atoms. The number of halogens is 3. The molecule has 0 unspecified atom stereocenters. The smallest absolute Gasteiger partial charge is 0.416 e. The van der Waals surface area contributed by atoms with Crippen molar-refractivity contribution in [1.82, 2.24) is 9.80 Å². The molecule has 1 fully saturated rings.